The van der Waals surface area contributed by atoms with Crippen molar-refractivity contribution in [1.29, 1.82) is 0 Å². The number of aromatic nitrogens is 1. The Balaban J connectivity index is 1.19. The molecule has 0 aliphatic rings. The van der Waals surface area contributed by atoms with Crippen molar-refractivity contribution in [3.05, 3.63) is 136 Å². The number of carbonyl (C=O) groups is 3. The van der Waals surface area contributed by atoms with Crippen LogP contribution in [0.25, 0.3) is 17.3 Å². The molecule has 0 aliphatic heterocycles. The molecule has 4 aromatic carbocycles. The molecule has 0 saturated carbocycles. The summed E-state index contributed by atoms with van der Waals surface area (Å²) < 4.78 is 0.848. The number of rotatable bonds is 10. The first kappa shape index (κ1) is 30.0. The molecule has 0 bridgehead atoms. The molecular formula is C33H25BrN4O3S2. The van der Waals surface area contributed by atoms with Crippen LogP contribution in [0.5, 0.6) is 0 Å². The Labute approximate surface area is 265 Å². The van der Waals surface area contributed by atoms with Crippen LogP contribution >= 0.6 is 39.0 Å². The standard InChI is InChI=1S/C33H25BrN4O3S2/c34-25-13-7-8-22(18-25)19-28(36-31(40)24-11-5-2-6-12-24)32(41)35-26-14-16-27(17-15-26)42-21-30(39)38-33-37-29(20-43-33)23-9-3-1-4-10-23/h1-20H,21H2,(H,35,41)(H,36,40)(H,37,38,39)/b28-19-. The molecule has 214 valence electrons. The van der Waals surface area contributed by atoms with E-state index < -0.39 is 11.8 Å². The SMILES string of the molecule is O=C(CSc1ccc(NC(=O)/C(=C/c2cccc(Br)c2)NC(=O)c2ccccc2)cc1)Nc1nc(-c2ccccc2)cs1. The number of hydrogen-bond donors (Lipinski definition) is 3. The van der Waals surface area contributed by atoms with Gasteiger partial charge in [-0.2, -0.15) is 0 Å². The fourth-order valence-corrected chi connectivity index (χ4v) is 5.77. The predicted octanol–water partition coefficient (Wildman–Crippen LogP) is 7.71. The van der Waals surface area contributed by atoms with Gasteiger partial charge in [0.05, 0.1) is 11.4 Å². The van der Waals surface area contributed by atoms with E-state index in [1.165, 1.54) is 23.1 Å². The summed E-state index contributed by atoms with van der Waals surface area (Å²) in [6.45, 7) is 0. The minimum atomic E-state index is -0.470. The molecule has 5 aromatic rings. The van der Waals surface area contributed by atoms with Gasteiger partial charge in [0.15, 0.2) is 5.13 Å². The van der Waals surface area contributed by atoms with Crippen LogP contribution in [0.15, 0.2) is 130 Å². The number of hydrogen-bond acceptors (Lipinski definition) is 6. The van der Waals surface area contributed by atoms with E-state index in [-0.39, 0.29) is 17.4 Å². The molecule has 0 saturated heterocycles. The molecule has 0 fully saturated rings. The summed E-state index contributed by atoms with van der Waals surface area (Å²) in [6, 6.07) is 33.1. The van der Waals surface area contributed by atoms with E-state index >= 15 is 0 Å². The minimum Gasteiger partial charge on any atom is -0.321 e. The topological polar surface area (TPSA) is 100 Å². The number of nitrogens with zero attached hydrogens (tertiary/aromatic N) is 1. The maximum absolute atomic E-state index is 13.3. The van der Waals surface area contributed by atoms with Crippen LogP contribution < -0.4 is 16.0 Å². The quantitative estimate of drug-likeness (QED) is 0.105. The normalized spacial score (nSPS) is 11.0. The van der Waals surface area contributed by atoms with Crippen molar-refractivity contribution in [3.63, 3.8) is 0 Å². The summed E-state index contributed by atoms with van der Waals surface area (Å²) in [4.78, 5) is 44.0. The molecule has 0 radical (unpaired) electrons. The molecule has 5 rings (SSSR count). The second-order valence-corrected chi connectivity index (χ2v) is 12.0. The van der Waals surface area contributed by atoms with E-state index in [4.69, 9.17) is 0 Å². The third-order valence-electron chi connectivity index (χ3n) is 5.99. The summed E-state index contributed by atoms with van der Waals surface area (Å²) in [5.74, 6) is -0.817. The summed E-state index contributed by atoms with van der Waals surface area (Å²) in [5, 5.41) is 10.9. The van der Waals surface area contributed by atoms with Gasteiger partial charge < -0.3 is 16.0 Å². The number of nitrogens with one attached hydrogen (secondary N) is 3. The van der Waals surface area contributed by atoms with Gasteiger partial charge in [0.2, 0.25) is 5.91 Å². The lowest BCUT2D eigenvalue weighted by Gasteiger charge is -2.12. The lowest BCUT2D eigenvalue weighted by Crippen LogP contribution is -2.30. The van der Waals surface area contributed by atoms with Gasteiger partial charge in [-0.15, -0.1) is 23.1 Å². The summed E-state index contributed by atoms with van der Waals surface area (Å²) in [6.07, 6.45) is 1.62. The van der Waals surface area contributed by atoms with Gasteiger partial charge in [0, 0.05) is 31.6 Å². The van der Waals surface area contributed by atoms with Crippen LogP contribution in [0.1, 0.15) is 15.9 Å². The Morgan fingerprint density at radius 1 is 0.837 bits per heavy atom. The Bertz CT molecular complexity index is 1760. The van der Waals surface area contributed by atoms with Crippen molar-refractivity contribution in [2.24, 2.45) is 0 Å². The van der Waals surface area contributed by atoms with Gasteiger partial charge in [0.1, 0.15) is 5.70 Å². The van der Waals surface area contributed by atoms with Crippen molar-refractivity contribution < 1.29 is 14.4 Å². The third kappa shape index (κ3) is 8.74. The minimum absolute atomic E-state index is 0.0969. The molecule has 0 aliphatic carbocycles. The number of thiazole rings is 1. The molecule has 3 amide bonds. The molecular weight excluding hydrogens is 644 g/mol. The van der Waals surface area contributed by atoms with Crippen molar-refractivity contribution >= 4 is 73.6 Å². The molecule has 1 aromatic heterocycles. The maximum Gasteiger partial charge on any atom is 0.272 e. The van der Waals surface area contributed by atoms with Crippen LogP contribution in [0.4, 0.5) is 10.8 Å². The first-order valence-corrected chi connectivity index (χ1v) is 15.8. The Morgan fingerprint density at radius 2 is 1.56 bits per heavy atom. The van der Waals surface area contributed by atoms with Crippen LogP contribution in [-0.2, 0) is 9.59 Å². The molecule has 43 heavy (non-hydrogen) atoms. The molecule has 1 heterocycles. The third-order valence-corrected chi connectivity index (χ3v) is 8.25. The number of benzene rings is 4. The van der Waals surface area contributed by atoms with E-state index in [1.807, 2.05) is 78.2 Å². The highest BCUT2D eigenvalue weighted by atomic mass is 79.9. The zero-order valence-corrected chi connectivity index (χ0v) is 25.8. The van der Waals surface area contributed by atoms with Crippen molar-refractivity contribution in [2.75, 3.05) is 16.4 Å². The van der Waals surface area contributed by atoms with Gasteiger partial charge in [-0.25, -0.2) is 4.98 Å². The van der Waals surface area contributed by atoms with E-state index in [0.717, 1.165) is 26.2 Å². The number of halogens is 1. The first-order valence-electron chi connectivity index (χ1n) is 13.1. The summed E-state index contributed by atoms with van der Waals surface area (Å²) >= 11 is 6.19. The predicted molar refractivity (Wildman–Crippen MR) is 178 cm³/mol. The maximum atomic E-state index is 13.3. The zero-order chi connectivity index (χ0) is 30.0. The summed E-state index contributed by atoms with van der Waals surface area (Å²) in [7, 11) is 0. The lowest BCUT2D eigenvalue weighted by atomic mass is 10.1. The fourth-order valence-electron chi connectivity index (χ4n) is 3.92. The second kappa shape index (κ2) is 14.6. The largest absolute Gasteiger partial charge is 0.321 e. The summed E-state index contributed by atoms with van der Waals surface area (Å²) in [5.41, 5.74) is 3.64. The number of thioether (sulfide) groups is 1. The van der Waals surface area contributed by atoms with Crippen molar-refractivity contribution in [2.45, 2.75) is 4.90 Å². The Morgan fingerprint density at radius 3 is 2.28 bits per heavy atom. The van der Waals surface area contributed by atoms with E-state index in [1.54, 1.807) is 42.5 Å². The number of anilines is 2. The zero-order valence-electron chi connectivity index (χ0n) is 22.6. The Hall–Kier alpha value is -4.51. The van der Waals surface area contributed by atoms with Gasteiger partial charge in [-0.3, -0.25) is 14.4 Å². The van der Waals surface area contributed by atoms with Crippen LogP contribution in [0.3, 0.4) is 0 Å². The highest BCUT2D eigenvalue weighted by molar-refractivity contribution is 9.10. The smallest absolute Gasteiger partial charge is 0.272 e. The monoisotopic (exact) mass is 668 g/mol. The van der Waals surface area contributed by atoms with E-state index in [9.17, 15) is 14.4 Å². The molecule has 10 heteroatoms. The molecule has 0 unspecified atom stereocenters. The highest BCUT2D eigenvalue weighted by Crippen LogP contribution is 2.26. The van der Waals surface area contributed by atoms with Crippen molar-refractivity contribution in [3.8, 4) is 11.3 Å². The van der Waals surface area contributed by atoms with Gasteiger partial charge >= 0.3 is 0 Å². The van der Waals surface area contributed by atoms with Gasteiger partial charge in [-0.1, -0.05) is 76.6 Å². The second-order valence-electron chi connectivity index (χ2n) is 9.15. The fraction of sp³-hybridized carbons (Fsp3) is 0.0303. The van der Waals surface area contributed by atoms with Gasteiger partial charge in [0.25, 0.3) is 11.8 Å². The van der Waals surface area contributed by atoms with E-state index in [2.05, 4.69) is 36.9 Å². The van der Waals surface area contributed by atoms with Gasteiger partial charge in [-0.05, 0) is 60.2 Å². The molecule has 3 N–H and O–H groups in total. The average molecular weight is 670 g/mol. The number of carbonyl (C=O) groups excluding carboxylic acids is 3. The molecule has 7 nitrogen and oxygen atoms in total. The number of amides is 3. The van der Waals surface area contributed by atoms with Crippen LogP contribution in [0.2, 0.25) is 0 Å². The molecule has 0 spiro atoms. The van der Waals surface area contributed by atoms with E-state index in [0.29, 0.717) is 16.4 Å². The average Bonchev–Trinajstić information content (AvgIpc) is 3.49. The highest BCUT2D eigenvalue weighted by Gasteiger charge is 2.15. The lowest BCUT2D eigenvalue weighted by molar-refractivity contribution is -0.114. The molecule has 0 atom stereocenters. The van der Waals surface area contributed by atoms with Crippen LogP contribution in [-0.4, -0.2) is 28.5 Å². The first-order chi connectivity index (χ1) is 20.9. The van der Waals surface area contributed by atoms with Crippen molar-refractivity contribution in [1.82, 2.24) is 10.3 Å². The Kier molecular flexibility index (Phi) is 10.2. The van der Waals surface area contributed by atoms with Crippen LogP contribution in [0, 0.1) is 0 Å².